The van der Waals surface area contributed by atoms with Gasteiger partial charge in [0.2, 0.25) is 0 Å². The van der Waals surface area contributed by atoms with E-state index in [1.807, 2.05) is 0 Å². The Labute approximate surface area is 167 Å². The van der Waals surface area contributed by atoms with Crippen molar-refractivity contribution in [1.82, 2.24) is 0 Å². The van der Waals surface area contributed by atoms with E-state index in [2.05, 4.69) is 30.1 Å². The summed E-state index contributed by atoms with van der Waals surface area (Å²) >= 11 is -0.290. The van der Waals surface area contributed by atoms with E-state index >= 15 is 0 Å². The van der Waals surface area contributed by atoms with Crippen molar-refractivity contribution < 1.29 is 14.3 Å². The van der Waals surface area contributed by atoms with Crippen LogP contribution in [0.15, 0.2) is 18.2 Å². The Morgan fingerprint density at radius 1 is 1.33 bits per heavy atom. The molecule has 0 spiro atoms. The molecule has 0 saturated heterocycles. The molecule has 1 aromatic carbocycles. The van der Waals surface area contributed by atoms with E-state index in [1.165, 1.54) is 24.0 Å². The molecule has 4 nitrogen and oxygen atoms in total. The van der Waals surface area contributed by atoms with Gasteiger partial charge in [-0.3, -0.25) is 0 Å². The van der Waals surface area contributed by atoms with Gasteiger partial charge in [0.05, 0.1) is 7.11 Å². The molecule has 0 N–H and O–H groups in total. The van der Waals surface area contributed by atoms with Crippen LogP contribution < -0.4 is 4.74 Å². The molecule has 2 fully saturated rings. The van der Waals surface area contributed by atoms with Gasteiger partial charge in [0.1, 0.15) is 0 Å². The van der Waals surface area contributed by atoms with E-state index in [4.69, 9.17) is 14.7 Å². The summed E-state index contributed by atoms with van der Waals surface area (Å²) in [6, 6.07) is 6.60. The average molecular weight is 432 g/mol. The molecule has 0 heterocycles. The fourth-order valence-electron chi connectivity index (χ4n) is 6.12. The van der Waals surface area contributed by atoms with Gasteiger partial charge >= 0.3 is 156 Å². The molecule has 5 heteroatoms. The summed E-state index contributed by atoms with van der Waals surface area (Å²) < 4.78 is 11.3. The molecule has 5 atom stereocenters. The van der Waals surface area contributed by atoms with Gasteiger partial charge in [0.15, 0.2) is 0 Å². The monoisotopic (exact) mass is 433 g/mol. The normalized spacial score (nSPS) is 34.0. The van der Waals surface area contributed by atoms with Crippen molar-refractivity contribution in [2.24, 2.45) is 17.3 Å². The summed E-state index contributed by atoms with van der Waals surface area (Å²) in [5.74, 6) is 2.74. The number of methoxy groups -OCH3 is 1. The van der Waals surface area contributed by atoms with Crippen molar-refractivity contribution in [3.05, 3.63) is 29.3 Å². The van der Waals surface area contributed by atoms with E-state index in [9.17, 15) is 4.79 Å². The van der Waals surface area contributed by atoms with Crippen LogP contribution >= 0.6 is 0 Å². The van der Waals surface area contributed by atoms with E-state index in [0.29, 0.717) is 17.8 Å². The summed E-state index contributed by atoms with van der Waals surface area (Å²) in [6.45, 7) is 2.35. The molecular formula is C22H27NO3Se. The molecule has 2 saturated carbocycles. The first kappa shape index (κ1) is 18.8. The molecule has 144 valence electrons. The molecule has 1 aromatic rings. The molecule has 0 amide bonds. The summed E-state index contributed by atoms with van der Waals surface area (Å²) in [5, 5.41) is 9.00. The zero-order valence-corrected chi connectivity index (χ0v) is 17.8. The number of aryl methyl sites for hydroxylation is 1. The summed E-state index contributed by atoms with van der Waals surface area (Å²) in [4.78, 5) is 14.2. The Balaban J connectivity index is 1.52. The fourth-order valence-corrected chi connectivity index (χ4v) is 6.64. The summed E-state index contributed by atoms with van der Waals surface area (Å²) in [7, 11) is 1.73. The minimum atomic E-state index is -0.290. The second-order valence-electron chi connectivity index (χ2n) is 8.46. The third-order valence-corrected chi connectivity index (χ3v) is 8.44. The van der Waals surface area contributed by atoms with E-state index in [1.54, 1.807) is 7.11 Å². The molecule has 0 aliphatic heterocycles. The summed E-state index contributed by atoms with van der Waals surface area (Å²) in [6.07, 6.45) is 6.80. The zero-order valence-electron chi connectivity index (χ0n) is 16.1. The summed E-state index contributed by atoms with van der Waals surface area (Å²) in [5.41, 5.74) is 3.07. The maximum atomic E-state index is 12.1. The second kappa shape index (κ2) is 7.49. The number of esters is 1. The first-order chi connectivity index (χ1) is 13.1. The zero-order chi connectivity index (χ0) is 19.0. The minimum absolute atomic E-state index is 0.0303. The van der Waals surface area contributed by atoms with Crippen LogP contribution in [0.3, 0.4) is 0 Å². The molecule has 1 unspecified atom stereocenters. The van der Waals surface area contributed by atoms with Crippen LogP contribution in [-0.4, -0.2) is 34.1 Å². The molecule has 4 rings (SSSR count). The van der Waals surface area contributed by atoms with Crippen LogP contribution in [0.5, 0.6) is 5.75 Å². The number of fused-ring (bicyclic) bond motifs is 5. The number of hydrogen-bond acceptors (Lipinski definition) is 4. The molecule has 0 aromatic heterocycles. The van der Waals surface area contributed by atoms with Crippen LogP contribution in [-0.2, 0) is 16.0 Å². The number of carbonyl (C=O) groups is 1. The Bertz CT molecular complexity index is 773. The fraction of sp³-hybridized carbons (Fsp3) is 0.636. The van der Waals surface area contributed by atoms with E-state index < -0.39 is 0 Å². The average Bonchev–Trinajstić information content (AvgIpc) is 3.02. The van der Waals surface area contributed by atoms with Crippen LogP contribution in [0.2, 0.25) is 5.32 Å². The number of carbonyl (C=O) groups excluding carboxylic acids is 1. The standard InChI is InChI=1S/C22H27NO3Se/c1-22-10-9-17-16-6-4-15(25-2)11-14(16)3-5-18(17)19(22)7-8-20(22)26-21(24)12-27-13-23/h4,6,11,17-20H,3,5,7-10,12H2,1-2H3/t17-,18-,19+,20?,22+/m1/s1. The molecule has 0 radical (unpaired) electrons. The van der Waals surface area contributed by atoms with Crippen molar-refractivity contribution in [3.8, 4) is 10.7 Å². The predicted octanol–water partition coefficient (Wildman–Crippen LogP) is 4.07. The Hall–Kier alpha value is -1.50. The van der Waals surface area contributed by atoms with Crippen molar-refractivity contribution in [2.45, 2.75) is 62.8 Å². The van der Waals surface area contributed by atoms with Gasteiger partial charge in [-0.15, -0.1) is 0 Å². The number of ether oxygens (including phenoxy) is 2. The maximum absolute atomic E-state index is 12.1. The number of rotatable bonds is 4. The van der Waals surface area contributed by atoms with E-state index in [0.717, 1.165) is 31.4 Å². The topological polar surface area (TPSA) is 59.3 Å². The van der Waals surface area contributed by atoms with Gasteiger partial charge in [-0.05, 0) is 0 Å². The van der Waals surface area contributed by atoms with Gasteiger partial charge in [-0.2, -0.15) is 0 Å². The van der Waals surface area contributed by atoms with Crippen molar-refractivity contribution in [3.63, 3.8) is 0 Å². The third kappa shape index (κ3) is 3.28. The van der Waals surface area contributed by atoms with Crippen LogP contribution in [0.4, 0.5) is 0 Å². The van der Waals surface area contributed by atoms with Gasteiger partial charge in [-0.1, -0.05) is 0 Å². The number of hydrogen-bond donors (Lipinski definition) is 0. The SMILES string of the molecule is COc1ccc2c(c1)CC[C@@H]1[C@@H]2CC[C@]2(C)C(OC(=O)C[Se]C#N)CC[C@@H]12. The third-order valence-electron chi connectivity index (χ3n) is 7.38. The Morgan fingerprint density at radius 3 is 2.96 bits per heavy atom. The van der Waals surface area contributed by atoms with Gasteiger partial charge in [-0.25, -0.2) is 0 Å². The van der Waals surface area contributed by atoms with Crippen molar-refractivity contribution in [1.29, 1.82) is 5.26 Å². The Morgan fingerprint density at radius 2 is 2.19 bits per heavy atom. The van der Waals surface area contributed by atoms with Crippen LogP contribution in [0.1, 0.15) is 56.1 Å². The van der Waals surface area contributed by atoms with Gasteiger partial charge < -0.3 is 4.74 Å². The van der Waals surface area contributed by atoms with Crippen molar-refractivity contribution >= 4 is 20.9 Å². The molecule has 27 heavy (non-hydrogen) atoms. The molecular weight excluding hydrogens is 405 g/mol. The van der Waals surface area contributed by atoms with Crippen LogP contribution in [0.25, 0.3) is 0 Å². The Kier molecular flexibility index (Phi) is 5.23. The number of benzene rings is 1. The predicted molar refractivity (Wildman–Crippen MR) is 104 cm³/mol. The second-order valence-corrected chi connectivity index (χ2v) is 10.1. The van der Waals surface area contributed by atoms with Gasteiger partial charge in [0, 0.05) is 0 Å². The van der Waals surface area contributed by atoms with Crippen LogP contribution in [0, 0.1) is 27.5 Å². The van der Waals surface area contributed by atoms with Crippen molar-refractivity contribution in [2.75, 3.05) is 7.11 Å². The molecule has 0 bridgehead atoms. The number of nitrogens with zero attached hydrogens (tertiary/aromatic N) is 1. The first-order valence-electron chi connectivity index (χ1n) is 9.94. The first-order valence-corrected chi connectivity index (χ1v) is 12.0. The molecule has 3 aliphatic rings. The molecule has 3 aliphatic carbocycles. The quantitative estimate of drug-likeness (QED) is 0.532. The number of nitriles is 1. The van der Waals surface area contributed by atoms with Gasteiger partial charge in [0.25, 0.3) is 0 Å². The van der Waals surface area contributed by atoms with E-state index in [-0.39, 0.29) is 37.8 Å².